The van der Waals surface area contributed by atoms with E-state index in [-0.39, 0.29) is 5.91 Å². The maximum absolute atomic E-state index is 12.7. The fraction of sp³-hybridized carbons (Fsp3) is 0. The number of nitrogens with one attached hydrogen (secondary N) is 2. The van der Waals surface area contributed by atoms with Gasteiger partial charge in [0.1, 0.15) is 5.82 Å². The average Bonchev–Trinajstić information content (AvgIpc) is 2.20. The summed E-state index contributed by atoms with van der Waals surface area (Å²) in [6.45, 7) is 3.29. The Labute approximate surface area is 80.6 Å². The normalized spacial score (nSPS) is 9.29. The minimum absolute atomic E-state index is 0.306. The van der Waals surface area contributed by atoms with Crippen molar-refractivity contribution in [3.8, 4) is 0 Å². The minimum atomic E-state index is -0.436. The highest BCUT2D eigenvalue weighted by Gasteiger charge is 2.04. The zero-order valence-electron chi connectivity index (χ0n) is 7.38. The highest BCUT2D eigenvalue weighted by Crippen LogP contribution is 2.21. The monoisotopic (exact) mass is 195 g/mol. The summed E-state index contributed by atoms with van der Waals surface area (Å²) in [6, 6.07) is 3.81. The molecule has 0 aliphatic rings. The number of nitrogen functional groups attached to an aromatic ring is 1. The number of carbonyl (C=O) groups is 1. The van der Waals surface area contributed by atoms with Crippen LogP contribution in [0.2, 0.25) is 0 Å². The lowest BCUT2D eigenvalue weighted by Crippen LogP contribution is -2.13. The number of hydrazine groups is 1. The van der Waals surface area contributed by atoms with Gasteiger partial charge in [-0.1, -0.05) is 6.58 Å². The molecule has 0 aliphatic carbocycles. The molecular weight excluding hydrogens is 185 g/mol. The molecule has 0 aromatic heterocycles. The van der Waals surface area contributed by atoms with Crippen molar-refractivity contribution in [1.29, 1.82) is 0 Å². The van der Waals surface area contributed by atoms with Crippen molar-refractivity contribution in [1.82, 2.24) is 0 Å². The van der Waals surface area contributed by atoms with Gasteiger partial charge in [-0.15, -0.1) is 0 Å². The number of amides is 1. The molecule has 0 heterocycles. The smallest absolute Gasteiger partial charge is 0.247 e. The maximum atomic E-state index is 12.7. The molecule has 74 valence electrons. The van der Waals surface area contributed by atoms with Crippen LogP contribution in [0.3, 0.4) is 0 Å². The second-order valence-electron chi connectivity index (χ2n) is 2.53. The SMILES string of the molecule is C=CC(=O)Nc1ccc(F)cc1NN. The van der Waals surface area contributed by atoms with Crippen molar-refractivity contribution in [2.75, 3.05) is 10.7 Å². The number of hydrogen-bond donors (Lipinski definition) is 3. The number of benzene rings is 1. The van der Waals surface area contributed by atoms with E-state index in [1.54, 1.807) is 0 Å². The van der Waals surface area contributed by atoms with Crippen LogP contribution in [-0.2, 0) is 4.79 Å². The molecule has 14 heavy (non-hydrogen) atoms. The number of anilines is 2. The number of hydrogen-bond acceptors (Lipinski definition) is 3. The van der Waals surface area contributed by atoms with E-state index in [9.17, 15) is 9.18 Å². The van der Waals surface area contributed by atoms with Crippen LogP contribution >= 0.6 is 0 Å². The highest BCUT2D eigenvalue weighted by molar-refractivity contribution is 6.01. The van der Waals surface area contributed by atoms with Crippen LogP contribution in [0.5, 0.6) is 0 Å². The minimum Gasteiger partial charge on any atom is -0.322 e. The van der Waals surface area contributed by atoms with Crippen LogP contribution < -0.4 is 16.6 Å². The lowest BCUT2D eigenvalue weighted by molar-refractivity contribution is -0.111. The molecule has 0 saturated carbocycles. The second-order valence-corrected chi connectivity index (χ2v) is 2.53. The quantitative estimate of drug-likeness (QED) is 0.386. The third-order valence-corrected chi connectivity index (χ3v) is 1.58. The Balaban J connectivity index is 2.96. The van der Waals surface area contributed by atoms with E-state index in [1.807, 2.05) is 0 Å². The first kappa shape index (κ1) is 10.2. The van der Waals surface area contributed by atoms with Crippen LogP contribution in [0.15, 0.2) is 30.9 Å². The van der Waals surface area contributed by atoms with E-state index in [4.69, 9.17) is 5.84 Å². The molecule has 1 aromatic carbocycles. The van der Waals surface area contributed by atoms with Crippen molar-refractivity contribution >= 4 is 17.3 Å². The van der Waals surface area contributed by atoms with Gasteiger partial charge in [-0.25, -0.2) is 4.39 Å². The molecular formula is C9H10FN3O. The van der Waals surface area contributed by atoms with Gasteiger partial charge in [-0.05, 0) is 18.2 Å². The number of nitrogens with two attached hydrogens (primary N) is 1. The number of carbonyl (C=O) groups excluding carboxylic acids is 1. The summed E-state index contributed by atoms with van der Waals surface area (Å²) in [6.07, 6.45) is 1.11. The van der Waals surface area contributed by atoms with Gasteiger partial charge in [-0.3, -0.25) is 10.6 Å². The first-order valence-electron chi connectivity index (χ1n) is 3.87. The van der Waals surface area contributed by atoms with Gasteiger partial charge in [-0.2, -0.15) is 0 Å². The number of halogens is 1. The first-order valence-corrected chi connectivity index (χ1v) is 3.87. The molecule has 0 spiro atoms. The molecule has 0 atom stereocenters. The molecule has 1 aromatic rings. The van der Waals surface area contributed by atoms with Crippen LogP contribution in [0.4, 0.5) is 15.8 Å². The molecule has 1 amide bonds. The Kier molecular flexibility index (Phi) is 3.19. The van der Waals surface area contributed by atoms with E-state index in [2.05, 4.69) is 17.3 Å². The van der Waals surface area contributed by atoms with Gasteiger partial charge in [0.25, 0.3) is 0 Å². The van der Waals surface area contributed by atoms with Crippen molar-refractivity contribution in [2.45, 2.75) is 0 Å². The van der Waals surface area contributed by atoms with Crippen LogP contribution in [0.25, 0.3) is 0 Å². The fourth-order valence-electron chi connectivity index (χ4n) is 0.929. The van der Waals surface area contributed by atoms with E-state index in [1.165, 1.54) is 18.2 Å². The van der Waals surface area contributed by atoms with Gasteiger partial charge >= 0.3 is 0 Å². The summed E-state index contributed by atoms with van der Waals surface area (Å²) in [5.74, 6) is 4.33. The Morgan fingerprint density at radius 1 is 1.50 bits per heavy atom. The van der Waals surface area contributed by atoms with Gasteiger partial charge < -0.3 is 10.7 Å². The first-order chi connectivity index (χ1) is 6.67. The van der Waals surface area contributed by atoms with Gasteiger partial charge in [0.15, 0.2) is 0 Å². The molecule has 4 N–H and O–H groups in total. The maximum Gasteiger partial charge on any atom is 0.247 e. The van der Waals surface area contributed by atoms with Gasteiger partial charge in [0, 0.05) is 6.07 Å². The van der Waals surface area contributed by atoms with Crippen molar-refractivity contribution in [3.05, 3.63) is 36.7 Å². The predicted octanol–water partition coefficient (Wildman–Crippen LogP) is 1.24. The molecule has 4 nitrogen and oxygen atoms in total. The summed E-state index contributed by atoms with van der Waals surface area (Å²) in [5.41, 5.74) is 2.98. The van der Waals surface area contributed by atoms with Gasteiger partial charge in [0.05, 0.1) is 11.4 Å². The van der Waals surface area contributed by atoms with E-state index >= 15 is 0 Å². The Morgan fingerprint density at radius 2 is 2.21 bits per heavy atom. The molecule has 0 bridgehead atoms. The summed E-state index contributed by atoms with van der Waals surface area (Å²) < 4.78 is 12.7. The summed E-state index contributed by atoms with van der Waals surface area (Å²) in [7, 11) is 0. The van der Waals surface area contributed by atoms with Crippen LogP contribution in [-0.4, -0.2) is 5.91 Å². The van der Waals surface area contributed by atoms with E-state index in [0.29, 0.717) is 11.4 Å². The molecule has 0 unspecified atom stereocenters. The largest absolute Gasteiger partial charge is 0.322 e. The predicted molar refractivity (Wildman–Crippen MR) is 53.0 cm³/mol. The third kappa shape index (κ3) is 2.30. The molecule has 1 rings (SSSR count). The molecule has 0 aliphatic heterocycles. The summed E-state index contributed by atoms with van der Waals surface area (Å²) >= 11 is 0. The van der Waals surface area contributed by atoms with E-state index in [0.717, 1.165) is 6.08 Å². The standard InChI is InChI=1S/C9H10FN3O/c1-2-9(14)12-7-4-3-6(10)5-8(7)13-11/h2-5,13H,1,11H2,(H,12,14). The second kappa shape index (κ2) is 4.38. The summed E-state index contributed by atoms with van der Waals surface area (Å²) in [5, 5.41) is 2.47. The zero-order chi connectivity index (χ0) is 10.6. The van der Waals surface area contributed by atoms with Crippen LogP contribution in [0.1, 0.15) is 0 Å². The highest BCUT2D eigenvalue weighted by atomic mass is 19.1. The van der Waals surface area contributed by atoms with Crippen molar-refractivity contribution < 1.29 is 9.18 Å². The summed E-state index contributed by atoms with van der Waals surface area (Å²) in [4.78, 5) is 10.9. The molecule has 5 heteroatoms. The number of rotatable bonds is 3. The third-order valence-electron chi connectivity index (χ3n) is 1.58. The van der Waals surface area contributed by atoms with Crippen LogP contribution in [0, 0.1) is 5.82 Å². The fourth-order valence-corrected chi connectivity index (χ4v) is 0.929. The molecule has 0 radical (unpaired) electrons. The van der Waals surface area contributed by atoms with Crippen molar-refractivity contribution in [2.24, 2.45) is 5.84 Å². The molecule has 0 fully saturated rings. The average molecular weight is 195 g/mol. The lowest BCUT2D eigenvalue weighted by Gasteiger charge is -2.08. The lowest BCUT2D eigenvalue weighted by atomic mass is 10.2. The van der Waals surface area contributed by atoms with E-state index < -0.39 is 5.82 Å². The Morgan fingerprint density at radius 3 is 2.79 bits per heavy atom. The topological polar surface area (TPSA) is 67.2 Å². The molecule has 0 saturated heterocycles. The van der Waals surface area contributed by atoms with Gasteiger partial charge in [0.2, 0.25) is 5.91 Å². The Hall–Kier alpha value is -1.88. The van der Waals surface area contributed by atoms with Crippen molar-refractivity contribution in [3.63, 3.8) is 0 Å². The Bertz CT molecular complexity index is 365. The zero-order valence-corrected chi connectivity index (χ0v) is 7.38.